The van der Waals surface area contributed by atoms with Crippen molar-refractivity contribution >= 4 is 8.07 Å². The Balaban J connectivity index is 3.45. The van der Waals surface area contributed by atoms with Crippen LogP contribution in [0.2, 0.25) is 19.6 Å². The van der Waals surface area contributed by atoms with Crippen molar-refractivity contribution in [2.75, 3.05) is 13.1 Å². The highest BCUT2D eigenvalue weighted by atomic mass is 28.3. The van der Waals surface area contributed by atoms with Crippen LogP contribution in [0.4, 0.5) is 0 Å². The van der Waals surface area contributed by atoms with E-state index in [1.165, 1.54) is 18.0 Å². The van der Waals surface area contributed by atoms with E-state index >= 15 is 0 Å². The summed E-state index contributed by atoms with van der Waals surface area (Å²) in [6, 6.07) is 0. The van der Waals surface area contributed by atoms with E-state index in [0.717, 1.165) is 13.1 Å². The van der Waals surface area contributed by atoms with Crippen LogP contribution in [-0.4, -0.2) is 21.2 Å². The van der Waals surface area contributed by atoms with Gasteiger partial charge in [-0.15, -0.1) is 6.58 Å². The van der Waals surface area contributed by atoms with Gasteiger partial charge in [-0.25, -0.2) is 0 Å². The lowest BCUT2D eigenvalue weighted by Gasteiger charge is -2.19. The lowest BCUT2D eigenvalue weighted by Crippen LogP contribution is -2.31. The first-order valence-corrected chi connectivity index (χ1v) is 8.37. The molecule has 0 spiro atoms. The molecule has 0 rings (SSSR count). The largest absolute Gasteiger partial charge is 0.313 e. The van der Waals surface area contributed by atoms with Gasteiger partial charge in [0.2, 0.25) is 0 Å². The van der Waals surface area contributed by atoms with E-state index in [1.54, 1.807) is 0 Å². The molecule has 0 aliphatic rings. The molecule has 12 heavy (non-hydrogen) atoms. The highest BCUT2D eigenvalue weighted by molar-refractivity contribution is 6.83. The fourth-order valence-corrected chi connectivity index (χ4v) is 1.46. The number of hydrogen-bond donors (Lipinski definition) is 1. The maximum atomic E-state index is 4.12. The molecule has 72 valence electrons. The van der Waals surface area contributed by atoms with Crippen LogP contribution in [0.5, 0.6) is 0 Å². The van der Waals surface area contributed by atoms with Crippen molar-refractivity contribution in [1.29, 1.82) is 0 Å². The van der Waals surface area contributed by atoms with Gasteiger partial charge in [0, 0.05) is 6.54 Å². The molecular formula is C10H23NSi. The topological polar surface area (TPSA) is 12.0 Å². The van der Waals surface area contributed by atoms with E-state index in [9.17, 15) is 0 Å². The molecule has 0 aliphatic heterocycles. The van der Waals surface area contributed by atoms with Gasteiger partial charge in [0.15, 0.2) is 0 Å². The van der Waals surface area contributed by atoms with Gasteiger partial charge in [-0.05, 0) is 13.0 Å². The normalized spacial score (nSPS) is 11.7. The Hall–Kier alpha value is -0.0831. The Labute approximate surface area is 78.3 Å². The number of nitrogens with one attached hydrogen (secondary N) is 1. The molecule has 1 N–H and O–H groups in total. The molecule has 0 fully saturated rings. The minimum absolute atomic E-state index is 1.02. The van der Waals surface area contributed by atoms with Crippen molar-refractivity contribution in [3.8, 4) is 0 Å². The van der Waals surface area contributed by atoms with E-state index in [4.69, 9.17) is 0 Å². The zero-order chi connectivity index (χ0) is 9.61. The molecule has 0 aromatic rings. The van der Waals surface area contributed by atoms with Crippen LogP contribution in [0.25, 0.3) is 0 Å². The molecule has 0 radical (unpaired) electrons. The summed E-state index contributed by atoms with van der Waals surface area (Å²) in [5.74, 6) is 0. The Kier molecular flexibility index (Phi) is 5.50. The summed E-state index contributed by atoms with van der Waals surface area (Å²) in [5.41, 5.74) is 0. The molecule has 0 aromatic heterocycles. The first-order chi connectivity index (χ1) is 5.48. The average Bonchev–Trinajstić information content (AvgIpc) is 1.96. The van der Waals surface area contributed by atoms with E-state index in [0.29, 0.717) is 0 Å². The number of unbranched alkanes of at least 4 members (excludes halogenated alkanes) is 1. The maximum absolute atomic E-state index is 4.12. The molecule has 0 amide bonds. The van der Waals surface area contributed by atoms with Gasteiger partial charge in [0.05, 0.1) is 8.07 Å². The number of hydrogen-bond acceptors (Lipinski definition) is 1. The fraction of sp³-hybridized carbons (Fsp3) is 0.800. The molecule has 0 saturated heterocycles. The van der Waals surface area contributed by atoms with Gasteiger partial charge in [-0.2, -0.15) is 0 Å². The average molecular weight is 185 g/mol. The van der Waals surface area contributed by atoms with Gasteiger partial charge in [-0.3, -0.25) is 0 Å². The van der Waals surface area contributed by atoms with Crippen molar-refractivity contribution in [2.24, 2.45) is 0 Å². The fourth-order valence-electron chi connectivity index (χ4n) is 0.806. The predicted octanol–water partition coefficient (Wildman–Crippen LogP) is 2.81. The van der Waals surface area contributed by atoms with E-state index in [-0.39, 0.29) is 0 Å². The van der Waals surface area contributed by atoms with Crippen molar-refractivity contribution in [2.45, 2.75) is 39.4 Å². The molecule has 0 heterocycles. The third-order valence-corrected chi connectivity index (χ3v) is 4.40. The SMILES string of the molecule is C=C(CNCCCC)[Si](C)(C)C. The molecule has 0 aromatic carbocycles. The zero-order valence-corrected chi connectivity index (χ0v) is 10.0. The van der Waals surface area contributed by atoms with Crippen LogP contribution in [0.1, 0.15) is 19.8 Å². The van der Waals surface area contributed by atoms with Crippen molar-refractivity contribution < 1.29 is 0 Å². The summed E-state index contributed by atoms with van der Waals surface area (Å²) in [6.07, 6.45) is 2.55. The van der Waals surface area contributed by atoms with Gasteiger partial charge < -0.3 is 5.32 Å². The molecule has 0 bridgehead atoms. The van der Waals surface area contributed by atoms with Gasteiger partial charge >= 0.3 is 0 Å². The van der Waals surface area contributed by atoms with Gasteiger partial charge in [0.1, 0.15) is 0 Å². The first kappa shape index (κ1) is 11.9. The van der Waals surface area contributed by atoms with Crippen molar-refractivity contribution in [3.63, 3.8) is 0 Å². The molecule has 2 heteroatoms. The van der Waals surface area contributed by atoms with Crippen LogP contribution in [0, 0.1) is 0 Å². The molecule has 1 nitrogen and oxygen atoms in total. The highest BCUT2D eigenvalue weighted by Gasteiger charge is 2.16. The summed E-state index contributed by atoms with van der Waals surface area (Å²) in [5, 5.41) is 4.86. The van der Waals surface area contributed by atoms with Crippen LogP contribution in [0.15, 0.2) is 11.8 Å². The minimum atomic E-state index is -1.08. The summed E-state index contributed by atoms with van der Waals surface area (Å²) in [7, 11) is -1.08. The molecule has 0 atom stereocenters. The second-order valence-corrected chi connectivity index (χ2v) is 9.59. The molecular weight excluding hydrogens is 162 g/mol. The lowest BCUT2D eigenvalue weighted by atomic mass is 10.3. The van der Waals surface area contributed by atoms with E-state index in [2.05, 4.69) is 38.5 Å². The number of rotatable bonds is 6. The first-order valence-electron chi connectivity index (χ1n) is 4.87. The summed E-state index contributed by atoms with van der Waals surface area (Å²) in [6.45, 7) is 15.5. The van der Waals surface area contributed by atoms with Crippen molar-refractivity contribution in [3.05, 3.63) is 11.8 Å². The quantitative estimate of drug-likeness (QED) is 0.496. The predicted molar refractivity (Wildman–Crippen MR) is 60.3 cm³/mol. The van der Waals surface area contributed by atoms with Gasteiger partial charge in [-0.1, -0.05) is 38.2 Å². The van der Waals surface area contributed by atoms with Crippen molar-refractivity contribution in [1.82, 2.24) is 5.32 Å². The Bertz CT molecular complexity index is 135. The second-order valence-electron chi connectivity index (χ2n) is 4.38. The smallest absolute Gasteiger partial charge is 0.0733 e. The standard InChI is InChI=1S/C10H23NSi/c1-6-7-8-11-9-10(2)12(3,4)5/h11H,2,6-9H2,1,3-5H3. The zero-order valence-electron chi connectivity index (χ0n) is 9.04. The van der Waals surface area contributed by atoms with E-state index < -0.39 is 8.07 Å². The molecule has 0 aliphatic carbocycles. The summed E-state index contributed by atoms with van der Waals surface area (Å²) in [4.78, 5) is 0. The van der Waals surface area contributed by atoms with Crippen LogP contribution in [-0.2, 0) is 0 Å². The third kappa shape index (κ3) is 5.55. The Morgan fingerprint density at radius 3 is 2.33 bits per heavy atom. The maximum Gasteiger partial charge on any atom is 0.0733 e. The highest BCUT2D eigenvalue weighted by Crippen LogP contribution is 2.10. The van der Waals surface area contributed by atoms with Crippen LogP contribution < -0.4 is 5.32 Å². The summed E-state index contributed by atoms with van der Waals surface area (Å²) < 4.78 is 0. The molecule has 0 unspecified atom stereocenters. The summed E-state index contributed by atoms with van der Waals surface area (Å²) >= 11 is 0. The Morgan fingerprint density at radius 2 is 1.92 bits per heavy atom. The monoisotopic (exact) mass is 185 g/mol. The van der Waals surface area contributed by atoms with Crippen LogP contribution >= 0.6 is 0 Å². The third-order valence-electron chi connectivity index (χ3n) is 2.11. The van der Waals surface area contributed by atoms with E-state index in [1.807, 2.05) is 0 Å². The van der Waals surface area contributed by atoms with Gasteiger partial charge in [0.25, 0.3) is 0 Å². The Morgan fingerprint density at radius 1 is 1.33 bits per heavy atom. The van der Waals surface area contributed by atoms with Crippen LogP contribution in [0.3, 0.4) is 0 Å². The lowest BCUT2D eigenvalue weighted by molar-refractivity contribution is 0.677. The minimum Gasteiger partial charge on any atom is -0.313 e. The molecule has 0 saturated carbocycles. The second kappa shape index (κ2) is 5.54.